The molecule has 0 aromatic heterocycles. The summed E-state index contributed by atoms with van der Waals surface area (Å²) >= 11 is 0. The minimum atomic E-state index is -1.67. The Labute approximate surface area is 294 Å². The maximum atomic E-state index is 15.2. The number of fused-ring (bicyclic) bond motifs is 9. The van der Waals surface area contributed by atoms with E-state index in [1.165, 1.54) is 12.1 Å². The third kappa shape index (κ3) is 4.85. The number of non-ortho nitro benzene ring substituents is 2. The summed E-state index contributed by atoms with van der Waals surface area (Å²) in [4.78, 5) is 55.5. The molecule has 0 bridgehead atoms. The molecule has 3 aliphatic rings. The van der Waals surface area contributed by atoms with Crippen LogP contribution in [0.2, 0.25) is 0 Å². The van der Waals surface area contributed by atoms with Crippen molar-refractivity contribution in [2.24, 2.45) is 0 Å². The molecule has 0 saturated heterocycles. The molecule has 0 radical (unpaired) electrons. The van der Waals surface area contributed by atoms with Gasteiger partial charge in [0.2, 0.25) is 0 Å². The summed E-state index contributed by atoms with van der Waals surface area (Å²) in [5, 5.41) is 25.0. The highest BCUT2D eigenvalue weighted by molar-refractivity contribution is 6.08. The van der Waals surface area contributed by atoms with Crippen LogP contribution in [0.5, 0.6) is 0 Å². The zero-order valence-corrected chi connectivity index (χ0v) is 29.2. The number of rotatable bonds is 5. The molecular weight excluding hydrogens is 650 g/mol. The maximum absolute atomic E-state index is 15.2. The lowest BCUT2D eigenvalue weighted by atomic mass is 9.54. The minimum absolute atomic E-state index is 0.00469. The van der Waals surface area contributed by atoms with E-state index in [2.05, 4.69) is 0 Å². The van der Waals surface area contributed by atoms with Crippen LogP contribution in [-0.4, -0.2) is 44.4 Å². The molecule has 11 nitrogen and oxygen atoms in total. The Bertz CT molecular complexity index is 2130. The van der Waals surface area contributed by atoms with Crippen molar-refractivity contribution in [3.8, 4) is 11.1 Å². The molecule has 0 amide bonds. The molecule has 1 atom stereocenters. The molecule has 4 aromatic carbocycles. The van der Waals surface area contributed by atoms with Crippen LogP contribution < -0.4 is 0 Å². The smallest absolute Gasteiger partial charge is 0.355 e. The highest BCUT2D eigenvalue weighted by atomic mass is 16.6. The Morgan fingerprint density at radius 3 is 1.67 bits per heavy atom. The number of ether oxygens (including phenoxy) is 2. The second-order valence-corrected chi connectivity index (χ2v) is 15.1. The number of nitrogens with zero attached hydrogens (tertiary/aromatic N) is 3. The summed E-state index contributed by atoms with van der Waals surface area (Å²) in [5.41, 5.74) is -1.85. The predicted octanol–water partition coefficient (Wildman–Crippen LogP) is 7.52. The van der Waals surface area contributed by atoms with Crippen molar-refractivity contribution in [3.63, 3.8) is 0 Å². The van der Waals surface area contributed by atoms with Crippen LogP contribution in [0.4, 0.5) is 11.4 Å². The summed E-state index contributed by atoms with van der Waals surface area (Å²) in [6, 6.07) is 26.2. The first-order chi connectivity index (χ1) is 24.0. The van der Waals surface area contributed by atoms with Crippen molar-refractivity contribution in [1.29, 1.82) is 0 Å². The number of nitro benzene ring substituents is 2. The summed E-state index contributed by atoms with van der Waals surface area (Å²) in [5.74, 6) is -1.56. The average Bonchev–Trinajstić information content (AvgIpc) is 3.52. The first kappa shape index (κ1) is 33.6. The molecule has 2 heterocycles. The Kier molecular flexibility index (Phi) is 7.48. The van der Waals surface area contributed by atoms with Crippen molar-refractivity contribution in [2.45, 2.75) is 70.1 Å². The fraction of sp³-hybridized carbons (Fsp3) is 0.300. The Morgan fingerprint density at radius 2 is 1.16 bits per heavy atom. The third-order valence-electron chi connectivity index (χ3n) is 9.73. The largest absolute Gasteiger partial charge is 0.457 e. The molecule has 1 spiro atoms. The van der Waals surface area contributed by atoms with Gasteiger partial charge in [-0.3, -0.25) is 20.2 Å². The van der Waals surface area contributed by atoms with Crippen LogP contribution in [0.3, 0.4) is 0 Å². The lowest BCUT2D eigenvalue weighted by molar-refractivity contribution is -0.394. The number of hydrogen-bond donors (Lipinski definition) is 0. The van der Waals surface area contributed by atoms with Crippen LogP contribution in [0.1, 0.15) is 69.4 Å². The normalized spacial score (nSPS) is 18.4. The molecule has 0 saturated carbocycles. The van der Waals surface area contributed by atoms with Crippen molar-refractivity contribution in [3.05, 3.63) is 150 Å². The van der Waals surface area contributed by atoms with E-state index in [1.54, 1.807) is 46.4 Å². The number of esters is 2. The van der Waals surface area contributed by atoms with Crippen LogP contribution >= 0.6 is 0 Å². The van der Waals surface area contributed by atoms with Crippen molar-refractivity contribution < 1.29 is 28.9 Å². The molecule has 11 heteroatoms. The Morgan fingerprint density at radius 1 is 0.686 bits per heavy atom. The Balaban J connectivity index is 1.78. The van der Waals surface area contributed by atoms with Gasteiger partial charge in [-0.05, 0) is 86.9 Å². The summed E-state index contributed by atoms with van der Waals surface area (Å²) in [6.07, 6.45) is 0.433. The molecular formula is C40H37N3O8. The monoisotopic (exact) mass is 687 g/mol. The highest BCUT2D eigenvalue weighted by Gasteiger charge is 2.73. The summed E-state index contributed by atoms with van der Waals surface area (Å²) in [6.45, 7) is 10.6. The van der Waals surface area contributed by atoms with E-state index >= 15 is 4.79 Å². The van der Waals surface area contributed by atoms with E-state index in [0.717, 1.165) is 22.8 Å². The number of nitro groups is 2. The molecule has 51 heavy (non-hydrogen) atoms. The summed E-state index contributed by atoms with van der Waals surface area (Å²) in [7, 11) is 0. The topological polar surface area (TPSA) is 142 Å². The second-order valence-electron chi connectivity index (χ2n) is 15.1. The third-order valence-corrected chi connectivity index (χ3v) is 9.73. The fourth-order valence-corrected chi connectivity index (χ4v) is 8.37. The SMILES string of the molecule is CC(C)(C)OC(=O)C1=C(C(=O)OC(C)(C)C)C2(c3ccccc3-c3ccccc32)C2(c3cc([N+](=O)[O-])cc([N+](=O)[O-])c3)c3ccccc3CCN12. The highest BCUT2D eigenvalue weighted by Crippen LogP contribution is 2.70. The maximum Gasteiger partial charge on any atom is 0.355 e. The van der Waals surface area contributed by atoms with E-state index in [1.807, 2.05) is 72.8 Å². The lowest BCUT2D eigenvalue weighted by Gasteiger charge is -2.54. The van der Waals surface area contributed by atoms with Crippen molar-refractivity contribution >= 4 is 23.3 Å². The predicted molar refractivity (Wildman–Crippen MR) is 189 cm³/mol. The van der Waals surface area contributed by atoms with Gasteiger partial charge in [-0.1, -0.05) is 72.8 Å². The van der Waals surface area contributed by atoms with E-state index in [4.69, 9.17) is 9.47 Å². The number of carbonyl (C=O) groups excluding carboxylic acids is 2. The summed E-state index contributed by atoms with van der Waals surface area (Å²) < 4.78 is 12.3. The van der Waals surface area contributed by atoms with E-state index in [9.17, 15) is 25.0 Å². The number of carbonyl (C=O) groups is 2. The van der Waals surface area contributed by atoms with Crippen LogP contribution in [0.25, 0.3) is 11.1 Å². The van der Waals surface area contributed by atoms with Crippen molar-refractivity contribution in [2.75, 3.05) is 6.54 Å². The van der Waals surface area contributed by atoms with Crippen molar-refractivity contribution in [1.82, 2.24) is 4.90 Å². The first-order valence-electron chi connectivity index (χ1n) is 16.7. The van der Waals surface area contributed by atoms with Gasteiger partial charge in [-0.2, -0.15) is 0 Å². The Hall–Kier alpha value is -5.84. The molecule has 2 aliphatic heterocycles. The molecule has 0 fully saturated rings. The first-order valence-corrected chi connectivity index (χ1v) is 16.7. The van der Waals surface area contributed by atoms with Gasteiger partial charge in [0.15, 0.2) is 0 Å². The zero-order valence-electron chi connectivity index (χ0n) is 29.2. The van der Waals surface area contributed by atoms with Gasteiger partial charge in [0.25, 0.3) is 11.4 Å². The zero-order chi connectivity index (χ0) is 36.7. The standard InChI is InChI=1S/C40H37N3O8/c1-37(2,3)50-35(44)33-34(36(45)51-38(4,5)6)41-20-19-24-13-7-10-16-30(24)40(41,25-21-26(42(46)47)23-27(22-25)43(48)49)39(33)31-17-11-8-14-28(31)29-15-9-12-18-32(29)39/h7-18,21-23H,19-20H2,1-6H3. The van der Waals surface area contributed by atoms with Crippen LogP contribution in [0, 0.1) is 20.2 Å². The molecule has 1 aliphatic carbocycles. The molecule has 0 N–H and O–H groups in total. The van der Waals surface area contributed by atoms with Crippen LogP contribution in [0.15, 0.2) is 102 Å². The van der Waals surface area contributed by atoms with Gasteiger partial charge in [0, 0.05) is 18.7 Å². The fourth-order valence-electron chi connectivity index (χ4n) is 8.37. The molecule has 7 rings (SSSR count). The minimum Gasteiger partial charge on any atom is -0.457 e. The van der Waals surface area contributed by atoms with Crippen LogP contribution in [-0.2, 0) is 36.4 Å². The van der Waals surface area contributed by atoms with Gasteiger partial charge < -0.3 is 14.4 Å². The molecule has 1 unspecified atom stereocenters. The van der Waals surface area contributed by atoms with Gasteiger partial charge in [-0.25, -0.2) is 9.59 Å². The second kappa shape index (κ2) is 11.3. The van der Waals surface area contributed by atoms with E-state index in [0.29, 0.717) is 23.1 Å². The van der Waals surface area contributed by atoms with Gasteiger partial charge in [-0.15, -0.1) is 0 Å². The average molecular weight is 688 g/mol. The van der Waals surface area contributed by atoms with Gasteiger partial charge >= 0.3 is 11.9 Å². The quantitative estimate of drug-likeness (QED) is 0.118. The number of hydrogen-bond acceptors (Lipinski definition) is 9. The lowest BCUT2D eigenvalue weighted by Crippen LogP contribution is -2.59. The van der Waals surface area contributed by atoms with E-state index < -0.39 is 55.3 Å². The van der Waals surface area contributed by atoms with E-state index in [-0.39, 0.29) is 23.4 Å². The molecule has 4 aromatic rings. The van der Waals surface area contributed by atoms with Gasteiger partial charge in [0.1, 0.15) is 22.4 Å². The van der Waals surface area contributed by atoms with Gasteiger partial charge in [0.05, 0.1) is 26.9 Å². The number of benzene rings is 4. The molecule has 260 valence electrons.